The number of ether oxygens (including phenoxy) is 1. The molecule has 0 aliphatic carbocycles. The van der Waals surface area contributed by atoms with Gasteiger partial charge in [0.25, 0.3) is 0 Å². The van der Waals surface area contributed by atoms with Crippen molar-refractivity contribution in [1.29, 1.82) is 0 Å². The largest absolute Gasteiger partial charge is 0.543 e. The minimum Gasteiger partial charge on any atom is -0.543 e. The summed E-state index contributed by atoms with van der Waals surface area (Å²) in [5.74, 6) is 0.913. The molecule has 0 N–H and O–H groups in total. The molecule has 4 aromatic rings. The first-order valence-corrected chi connectivity index (χ1v) is 15.4. The lowest BCUT2D eigenvalue weighted by Gasteiger charge is -2.36. The summed E-state index contributed by atoms with van der Waals surface area (Å²) in [7, 11) is -1.89. The van der Waals surface area contributed by atoms with E-state index in [0.717, 1.165) is 31.9 Å². The second-order valence-corrected chi connectivity index (χ2v) is 17.0. The van der Waals surface area contributed by atoms with Gasteiger partial charge in [-0.1, -0.05) is 32.9 Å². The summed E-state index contributed by atoms with van der Waals surface area (Å²) in [6.07, 6.45) is 5.23. The molecule has 0 fully saturated rings. The highest BCUT2D eigenvalue weighted by Gasteiger charge is 2.39. The Kier molecular flexibility index (Phi) is 6.40. The van der Waals surface area contributed by atoms with Crippen LogP contribution in [0, 0.1) is 0 Å². The molecule has 0 saturated heterocycles. The van der Waals surface area contributed by atoms with Gasteiger partial charge in [0.2, 0.25) is 8.32 Å². The van der Waals surface area contributed by atoms with Crippen molar-refractivity contribution in [2.75, 3.05) is 0 Å². The van der Waals surface area contributed by atoms with Crippen LogP contribution in [-0.4, -0.2) is 34.8 Å². The molecule has 0 saturated carbocycles. The van der Waals surface area contributed by atoms with Gasteiger partial charge in [0.15, 0.2) is 0 Å². The molecule has 2 aromatic heterocycles. The first kappa shape index (κ1) is 25.1. The summed E-state index contributed by atoms with van der Waals surface area (Å²) >= 11 is 1.64. The molecule has 0 unspecified atom stereocenters. The van der Waals surface area contributed by atoms with Crippen LogP contribution < -0.4 is 4.43 Å². The number of nitrogens with zero attached hydrogens (tertiary/aromatic N) is 3. The zero-order chi connectivity index (χ0) is 25.6. The summed E-state index contributed by atoms with van der Waals surface area (Å²) in [4.78, 5) is 17.2. The van der Waals surface area contributed by atoms with Gasteiger partial charge in [-0.25, -0.2) is 9.78 Å². The summed E-state index contributed by atoms with van der Waals surface area (Å²) < 4.78 is 14.3. The van der Waals surface area contributed by atoms with Crippen molar-refractivity contribution in [3.63, 3.8) is 0 Å². The van der Waals surface area contributed by atoms with Crippen molar-refractivity contribution < 1.29 is 14.0 Å². The van der Waals surface area contributed by atoms with Gasteiger partial charge in [0, 0.05) is 5.39 Å². The van der Waals surface area contributed by atoms with Crippen LogP contribution in [0.1, 0.15) is 52.1 Å². The molecule has 6 nitrogen and oxygen atoms in total. The monoisotopic (exact) mass is 507 g/mol. The smallest absolute Gasteiger partial charge is 0.435 e. The number of carbonyl (C=O) groups is 1. The predicted octanol–water partition coefficient (Wildman–Crippen LogP) is 7.98. The second-order valence-electron chi connectivity index (χ2n) is 11.2. The van der Waals surface area contributed by atoms with Gasteiger partial charge in [-0.2, -0.15) is 9.78 Å². The lowest BCUT2D eigenvalue weighted by molar-refractivity contribution is 0.0522. The third-order valence-electron chi connectivity index (χ3n) is 6.13. The van der Waals surface area contributed by atoms with Crippen molar-refractivity contribution in [3.8, 4) is 5.75 Å². The van der Waals surface area contributed by atoms with Gasteiger partial charge >= 0.3 is 6.09 Å². The molecule has 4 rings (SSSR count). The van der Waals surface area contributed by atoms with E-state index in [1.165, 1.54) is 4.68 Å². The fourth-order valence-electron chi connectivity index (χ4n) is 3.28. The lowest BCUT2D eigenvalue weighted by atomic mass is 10.1. The summed E-state index contributed by atoms with van der Waals surface area (Å²) in [5, 5.41) is 6.16. The van der Waals surface area contributed by atoms with Crippen LogP contribution in [0.4, 0.5) is 4.79 Å². The van der Waals surface area contributed by atoms with E-state index >= 15 is 0 Å². The summed E-state index contributed by atoms with van der Waals surface area (Å²) in [6, 6.07) is 12.0. The SMILES string of the molecule is CC(C)(C)OC(=O)n1ncc2cc(/C=C/c3nc4ccc(O[Si](C)(C)C(C)(C)C)cc4s3)ccc21. The Bertz CT molecular complexity index is 1420. The zero-order valence-corrected chi connectivity index (χ0v) is 23.5. The van der Waals surface area contributed by atoms with Gasteiger partial charge in [-0.15, -0.1) is 11.3 Å². The number of carbonyl (C=O) groups excluding carboxylic acids is 1. The third kappa shape index (κ3) is 5.65. The van der Waals surface area contributed by atoms with Crippen molar-refractivity contribution in [2.45, 2.75) is 65.3 Å². The van der Waals surface area contributed by atoms with E-state index < -0.39 is 20.0 Å². The molecule has 2 heterocycles. The Labute approximate surface area is 211 Å². The fraction of sp³-hybridized carbons (Fsp3) is 0.370. The Morgan fingerprint density at radius 2 is 1.77 bits per heavy atom. The standard InChI is InChI=1S/C27H33N3O3SSi/c1-26(2,3)32-25(31)30-22-13-9-18(15-19(22)17-28-30)10-14-24-29-21-12-11-20(16-23(21)34-24)33-35(7,8)27(4,5)6/h9-17H,1-8H3/b14-10+. The molecule has 184 valence electrons. The van der Waals surface area contributed by atoms with Gasteiger partial charge in [0.05, 0.1) is 21.9 Å². The molecular formula is C27H33N3O3SSi. The second kappa shape index (κ2) is 8.91. The van der Waals surface area contributed by atoms with Crippen molar-refractivity contribution in [2.24, 2.45) is 0 Å². The highest BCUT2D eigenvalue weighted by atomic mass is 32.1. The quantitative estimate of drug-likeness (QED) is 0.262. The molecule has 0 bridgehead atoms. The average molecular weight is 508 g/mol. The van der Waals surface area contributed by atoms with Crippen LogP contribution in [-0.2, 0) is 4.74 Å². The normalized spacial score (nSPS) is 13.1. The highest BCUT2D eigenvalue weighted by Crippen LogP contribution is 2.38. The van der Waals surface area contributed by atoms with Gasteiger partial charge in [-0.05, 0) is 80.9 Å². The summed E-state index contributed by atoms with van der Waals surface area (Å²) in [6.45, 7) is 16.8. The molecule has 2 aromatic carbocycles. The van der Waals surface area contributed by atoms with E-state index in [0.29, 0.717) is 5.52 Å². The van der Waals surface area contributed by atoms with E-state index in [1.54, 1.807) is 17.5 Å². The maximum atomic E-state index is 12.4. The summed E-state index contributed by atoms with van der Waals surface area (Å²) in [5.41, 5.74) is 2.10. The molecule has 0 atom stereocenters. The van der Waals surface area contributed by atoms with Crippen LogP contribution in [0.5, 0.6) is 5.75 Å². The van der Waals surface area contributed by atoms with E-state index in [9.17, 15) is 4.79 Å². The van der Waals surface area contributed by atoms with Crippen LogP contribution in [0.2, 0.25) is 18.1 Å². The molecule has 0 aliphatic rings. The van der Waals surface area contributed by atoms with Crippen molar-refractivity contribution in [3.05, 3.63) is 53.2 Å². The van der Waals surface area contributed by atoms with E-state index in [-0.39, 0.29) is 5.04 Å². The molecule has 0 amide bonds. The van der Waals surface area contributed by atoms with Gasteiger partial charge < -0.3 is 9.16 Å². The Morgan fingerprint density at radius 1 is 1.03 bits per heavy atom. The van der Waals surface area contributed by atoms with Crippen LogP contribution in [0.3, 0.4) is 0 Å². The van der Waals surface area contributed by atoms with Crippen LogP contribution in [0.15, 0.2) is 42.6 Å². The number of hydrogen-bond donors (Lipinski definition) is 0. The lowest BCUT2D eigenvalue weighted by Crippen LogP contribution is -2.43. The topological polar surface area (TPSA) is 66.2 Å². The van der Waals surface area contributed by atoms with Gasteiger partial charge in [-0.3, -0.25) is 0 Å². The average Bonchev–Trinajstić information content (AvgIpc) is 3.33. The van der Waals surface area contributed by atoms with Crippen molar-refractivity contribution >= 4 is 59.0 Å². The van der Waals surface area contributed by atoms with Gasteiger partial charge in [0.1, 0.15) is 16.4 Å². The maximum Gasteiger partial charge on any atom is 0.435 e. The Morgan fingerprint density at radius 3 is 2.46 bits per heavy atom. The maximum absolute atomic E-state index is 12.4. The van der Waals surface area contributed by atoms with Crippen LogP contribution >= 0.6 is 11.3 Å². The number of aromatic nitrogens is 3. The number of hydrogen-bond acceptors (Lipinski definition) is 6. The first-order chi connectivity index (χ1) is 16.2. The number of rotatable bonds is 4. The highest BCUT2D eigenvalue weighted by molar-refractivity contribution is 7.19. The van der Waals surface area contributed by atoms with Crippen LogP contribution in [0.25, 0.3) is 33.3 Å². The third-order valence-corrected chi connectivity index (χ3v) is 11.5. The number of fused-ring (bicyclic) bond motifs is 2. The minimum absolute atomic E-state index is 0.147. The number of thiazole rings is 1. The fourth-order valence-corrected chi connectivity index (χ4v) is 5.20. The predicted molar refractivity (Wildman–Crippen MR) is 148 cm³/mol. The molecule has 0 spiro atoms. The van der Waals surface area contributed by atoms with E-state index in [2.05, 4.69) is 45.0 Å². The molecule has 8 heteroatoms. The number of benzene rings is 2. The van der Waals surface area contributed by atoms with E-state index in [4.69, 9.17) is 14.1 Å². The Hall–Kier alpha value is -2.97. The molecule has 0 aliphatic heterocycles. The molecule has 35 heavy (non-hydrogen) atoms. The Balaban J connectivity index is 1.53. The minimum atomic E-state index is -1.89. The van der Waals surface area contributed by atoms with Crippen molar-refractivity contribution in [1.82, 2.24) is 14.8 Å². The molecule has 0 radical (unpaired) electrons. The molecular weight excluding hydrogens is 474 g/mol. The first-order valence-electron chi connectivity index (χ1n) is 11.7. The zero-order valence-electron chi connectivity index (χ0n) is 21.7. The van der Waals surface area contributed by atoms with E-state index in [1.807, 2.05) is 63.3 Å².